The summed E-state index contributed by atoms with van der Waals surface area (Å²) in [4.78, 5) is 2.72. The van der Waals surface area contributed by atoms with Crippen molar-refractivity contribution in [2.45, 2.75) is 17.9 Å². The van der Waals surface area contributed by atoms with Crippen molar-refractivity contribution in [2.75, 3.05) is 32.1 Å². The molecule has 1 aromatic carbocycles. The Morgan fingerprint density at radius 3 is 2.67 bits per heavy atom. The molecule has 7 heteroatoms. The van der Waals surface area contributed by atoms with E-state index >= 15 is 0 Å². The lowest BCUT2D eigenvalue weighted by Gasteiger charge is -2.32. The van der Waals surface area contributed by atoms with E-state index in [0.29, 0.717) is 30.2 Å². The smallest absolute Gasteiger partial charge is 0.179 e. The van der Waals surface area contributed by atoms with Crippen molar-refractivity contribution in [3.05, 3.63) is 29.8 Å². The Labute approximate surface area is 131 Å². The molecule has 1 fully saturated rings. The average molecular weight is 328 g/mol. The third-order valence-corrected chi connectivity index (χ3v) is 5.60. The zero-order chi connectivity index (χ0) is 15.5. The molecule has 1 aliphatic rings. The molecule has 1 atom stereocenters. The van der Waals surface area contributed by atoms with Crippen molar-refractivity contribution in [2.24, 2.45) is 5.73 Å². The minimum absolute atomic E-state index is 0.101. The van der Waals surface area contributed by atoms with Gasteiger partial charge in [-0.2, -0.15) is 0 Å². The van der Waals surface area contributed by atoms with Gasteiger partial charge in [-0.25, -0.2) is 8.42 Å². The molecule has 21 heavy (non-hydrogen) atoms. The zero-order valence-corrected chi connectivity index (χ0v) is 13.6. The maximum atomic E-state index is 12.3. The zero-order valence-electron chi connectivity index (χ0n) is 12.0. The molecule has 1 aliphatic heterocycles. The lowest BCUT2D eigenvalue weighted by atomic mass is 10.2. The van der Waals surface area contributed by atoms with E-state index in [1.807, 2.05) is 6.92 Å². The van der Waals surface area contributed by atoms with Gasteiger partial charge in [0.2, 0.25) is 0 Å². The van der Waals surface area contributed by atoms with Crippen LogP contribution in [0.2, 0.25) is 0 Å². The Hall–Kier alpha value is -1.02. The Bertz CT molecular complexity index is 599. The second-order valence-corrected chi connectivity index (χ2v) is 7.72. The predicted molar refractivity (Wildman–Crippen MR) is 86.2 cm³/mol. The summed E-state index contributed by atoms with van der Waals surface area (Å²) in [5, 5.41) is 0. The van der Waals surface area contributed by atoms with Crippen LogP contribution in [0.25, 0.3) is 0 Å². The van der Waals surface area contributed by atoms with Crippen molar-refractivity contribution >= 4 is 27.0 Å². The van der Waals surface area contributed by atoms with Crippen molar-refractivity contribution in [1.29, 1.82) is 0 Å². The number of nitrogens with zero attached hydrogens (tertiary/aromatic N) is 1. The molecule has 0 saturated carbocycles. The van der Waals surface area contributed by atoms with Crippen LogP contribution in [-0.4, -0.2) is 56.4 Å². The van der Waals surface area contributed by atoms with E-state index in [2.05, 4.69) is 4.90 Å². The van der Waals surface area contributed by atoms with Crippen LogP contribution in [0, 0.1) is 0 Å². The van der Waals surface area contributed by atoms with Gasteiger partial charge in [0, 0.05) is 24.7 Å². The Kier molecular flexibility index (Phi) is 5.32. The molecule has 0 aromatic heterocycles. The van der Waals surface area contributed by atoms with E-state index in [0.717, 1.165) is 6.54 Å². The second kappa shape index (κ2) is 6.83. The van der Waals surface area contributed by atoms with Gasteiger partial charge >= 0.3 is 0 Å². The van der Waals surface area contributed by atoms with Gasteiger partial charge in [0.1, 0.15) is 4.99 Å². The summed E-state index contributed by atoms with van der Waals surface area (Å²) in [6.45, 7) is 4.65. The molecule has 2 rings (SSSR count). The first kappa shape index (κ1) is 16.4. The number of nitrogens with two attached hydrogens (primary N) is 1. The molecule has 0 amide bonds. The van der Waals surface area contributed by atoms with Crippen LogP contribution in [0.3, 0.4) is 0 Å². The Morgan fingerprint density at radius 2 is 2.10 bits per heavy atom. The molecule has 1 aromatic rings. The monoisotopic (exact) mass is 328 g/mol. The van der Waals surface area contributed by atoms with Gasteiger partial charge in [0.05, 0.1) is 23.9 Å². The molecular formula is C14H20N2O3S2. The third-order valence-electron chi connectivity index (χ3n) is 3.65. The van der Waals surface area contributed by atoms with E-state index in [-0.39, 0.29) is 16.8 Å². The normalized spacial score (nSPS) is 20.3. The summed E-state index contributed by atoms with van der Waals surface area (Å²) in [6.07, 6.45) is 0. The minimum atomic E-state index is -3.29. The lowest BCUT2D eigenvalue weighted by molar-refractivity contribution is 0.00280. The maximum absolute atomic E-state index is 12.3. The fourth-order valence-electron chi connectivity index (χ4n) is 2.28. The molecule has 116 valence electrons. The molecule has 1 heterocycles. The third kappa shape index (κ3) is 4.23. The number of benzene rings is 1. The Balaban J connectivity index is 2.02. The number of ether oxygens (including phenoxy) is 1. The molecule has 2 N–H and O–H groups in total. The molecule has 0 bridgehead atoms. The highest BCUT2D eigenvalue weighted by Gasteiger charge is 2.22. The molecule has 1 unspecified atom stereocenters. The predicted octanol–water partition coefficient (Wildman–Crippen LogP) is 0.815. The first-order chi connectivity index (χ1) is 9.90. The summed E-state index contributed by atoms with van der Waals surface area (Å²) in [5.74, 6) is 0.101. The number of hydrogen-bond acceptors (Lipinski definition) is 5. The number of rotatable bonds is 5. The van der Waals surface area contributed by atoms with Gasteiger partial charge in [0.25, 0.3) is 0 Å². The average Bonchev–Trinajstić information content (AvgIpc) is 2.46. The van der Waals surface area contributed by atoms with Crippen LogP contribution in [0.1, 0.15) is 12.5 Å². The van der Waals surface area contributed by atoms with Gasteiger partial charge < -0.3 is 10.5 Å². The van der Waals surface area contributed by atoms with Gasteiger partial charge in [-0.15, -0.1) is 0 Å². The molecule has 5 nitrogen and oxygen atoms in total. The van der Waals surface area contributed by atoms with Gasteiger partial charge in [-0.3, -0.25) is 4.90 Å². The SMILES string of the molecule is CC1COCCN1CCS(=O)(=O)c1ccc(C(N)=S)cc1. The van der Waals surface area contributed by atoms with Crippen LogP contribution in [0.15, 0.2) is 29.2 Å². The van der Waals surface area contributed by atoms with Crippen LogP contribution in [0.4, 0.5) is 0 Å². The number of morpholine rings is 1. The second-order valence-electron chi connectivity index (χ2n) is 5.17. The van der Waals surface area contributed by atoms with Crippen molar-refractivity contribution in [3.8, 4) is 0 Å². The van der Waals surface area contributed by atoms with Gasteiger partial charge in [-0.05, 0) is 19.1 Å². The highest BCUT2D eigenvalue weighted by Crippen LogP contribution is 2.14. The van der Waals surface area contributed by atoms with Crippen molar-refractivity contribution < 1.29 is 13.2 Å². The highest BCUT2D eigenvalue weighted by molar-refractivity contribution is 7.91. The topological polar surface area (TPSA) is 72.6 Å². The van der Waals surface area contributed by atoms with Crippen LogP contribution in [-0.2, 0) is 14.6 Å². The first-order valence-electron chi connectivity index (χ1n) is 6.84. The number of sulfone groups is 1. The fourth-order valence-corrected chi connectivity index (χ4v) is 3.67. The molecule has 1 saturated heterocycles. The van der Waals surface area contributed by atoms with Crippen LogP contribution < -0.4 is 5.73 Å². The Morgan fingerprint density at radius 1 is 1.43 bits per heavy atom. The number of thiocarbonyl (C=S) groups is 1. The van der Waals surface area contributed by atoms with Crippen molar-refractivity contribution in [1.82, 2.24) is 4.90 Å². The molecule has 0 aliphatic carbocycles. The molecular weight excluding hydrogens is 308 g/mol. The van der Waals surface area contributed by atoms with E-state index in [4.69, 9.17) is 22.7 Å². The van der Waals surface area contributed by atoms with E-state index in [1.165, 1.54) is 0 Å². The van der Waals surface area contributed by atoms with Crippen molar-refractivity contribution in [3.63, 3.8) is 0 Å². The summed E-state index contributed by atoms with van der Waals surface area (Å²) in [6, 6.07) is 6.67. The van der Waals surface area contributed by atoms with Gasteiger partial charge in [0.15, 0.2) is 9.84 Å². The molecule has 0 radical (unpaired) electrons. The van der Waals surface area contributed by atoms with Crippen LogP contribution in [0.5, 0.6) is 0 Å². The van der Waals surface area contributed by atoms with Gasteiger partial charge in [-0.1, -0.05) is 24.4 Å². The van der Waals surface area contributed by atoms with E-state index in [9.17, 15) is 8.42 Å². The standard InChI is InChI=1S/C14H20N2O3S2/c1-11-10-19-8-6-16(11)7-9-21(17,18)13-4-2-12(3-5-13)14(15)20/h2-5,11H,6-10H2,1H3,(H2,15,20). The quantitative estimate of drug-likeness (QED) is 0.807. The lowest BCUT2D eigenvalue weighted by Crippen LogP contribution is -2.45. The van der Waals surface area contributed by atoms with E-state index in [1.54, 1.807) is 24.3 Å². The molecule has 0 spiro atoms. The largest absolute Gasteiger partial charge is 0.389 e. The number of hydrogen-bond donors (Lipinski definition) is 1. The van der Waals surface area contributed by atoms with Crippen LogP contribution >= 0.6 is 12.2 Å². The summed E-state index contributed by atoms with van der Waals surface area (Å²) in [7, 11) is -3.29. The summed E-state index contributed by atoms with van der Waals surface area (Å²) < 4.78 is 30.0. The van der Waals surface area contributed by atoms with E-state index < -0.39 is 9.84 Å². The summed E-state index contributed by atoms with van der Waals surface area (Å²) in [5.41, 5.74) is 6.18. The summed E-state index contributed by atoms with van der Waals surface area (Å²) >= 11 is 4.86. The maximum Gasteiger partial charge on any atom is 0.179 e. The fraction of sp³-hybridized carbons (Fsp3) is 0.500. The highest BCUT2D eigenvalue weighted by atomic mass is 32.2. The minimum Gasteiger partial charge on any atom is -0.389 e. The first-order valence-corrected chi connectivity index (χ1v) is 8.90.